The Bertz CT molecular complexity index is 1160. The Labute approximate surface area is 190 Å². The highest BCUT2D eigenvalue weighted by Crippen LogP contribution is 2.40. The molecule has 0 aliphatic carbocycles. The highest BCUT2D eigenvalue weighted by Gasteiger charge is 2.46. The summed E-state index contributed by atoms with van der Waals surface area (Å²) in [6, 6.07) is 16.5. The van der Waals surface area contributed by atoms with Gasteiger partial charge in [-0.25, -0.2) is 0 Å². The van der Waals surface area contributed by atoms with Crippen molar-refractivity contribution in [1.82, 2.24) is 9.88 Å². The Kier molecular flexibility index (Phi) is 6.23. The molecule has 2 aromatic carbocycles. The van der Waals surface area contributed by atoms with Gasteiger partial charge in [0.05, 0.1) is 18.2 Å². The molecule has 32 heavy (non-hydrogen) atoms. The first-order valence-electron chi connectivity index (χ1n) is 10.2. The normalized spacial score (nSPS) is 17.6. The van der Waals surface area contributed by atoms with E-state index >= 15 is 0 Å². The zero-order chi connectivity index (χ0) is 22.7. The van der Waals surface area contributed by atoms with E-state index in [1.807, 2.05) is 13.0 Å². The monoisotopic (exact) mass is 448 g/mol. The van der Waals surface area contributed by atoms with E-state index < -0.39 is 17.7 Å². The number of ketones is 1. The van der Waals surface area contributed by atoms with Crippen LogP contribution in [0.2, 0.25) is 5.02 Å². The number of hydrogen-bond acceptors (Lipinski definition) is 5. The number of pyridine rings is 1. The molecule has 1 aliphatic heterocycles. The van der Waals surface area contributed by atoms with E-state index in [2.05, 4.69) is 4.98 Å². The number of hydrogen-bond donors (Lipinski definition) is 1. The van der Waals surface area contributed by atoms with Gasteiger partial charge in [-0.3, -0.25) is 14.6 Å². The lowest BCUT2D eigenvalue weighted by atomic mass is 9.95. The molecule has 1 N–H and O–H groups in total. The largest absolute Gasteiger partial charge is 0.507 e. The first-order valence-corrected chi connectivity index (χ1v) is 10.5. The van der Waals surface area contributed by atoms with Crippen LogP contribution in [0, 0.1) is 0 Å². The van der Waals surface area contributed by atoms with E-state index in [9.17, 15) is 14.7 Å². The van der Waals surface area contributed by atoms with Crippen LogP contribution < -0.4 is 4.74 Å². The number of aromatic nitrogens is 1. The summed E-state index contributed by atoms with van der Waals surface area (Å²) in [5, 5.41) is 11.6. The fraction of sp³-hybridized carbons (Fsp3) is 0.160. The number of ether oxygens (including phenoxy) is 1. The minimum atomic E-state index is -0.762. The van der Waals surface area contributed by atoms with Crippen LogP contribution in [-0.4, -0.2) is 33.3 Å². The molecule has 0 spiro atoms. The first kappa shape index (κ1) is 21.6. The van der Waals surface area contributed by atoms with Crippen molar-refractivity contribution >= 4 is 29.1 Å². The predicted octanol–water partition coefficient (Wildman–Crippen LogP) is 4.76. The number of likely N-dealkylation sites (tertiary alicyclic amines) is 1. The average molecular weight is 449 g/mol. The number of aliphatic hydroxyl groups is 1. The van der Waals surface area contributed by atoms with E-state index in [1.165, 1.54) is 4.90 Å². The first-order chi connectivity index (χ1) is 15.5. The number of rotatable bonds is 6. The topological polar surface area (TPSA) is 79.7 Å². The number of aliphatic hydroxyl groups excluding tert-OH is 1. The van der Waals surface area contributed by atoms with E-state index in [0.29, 0.717) is 28.5 Å². The molecule has 0 saturated carbocycles. The maximum Gasteiger partial charge on any atom is 0.295 e. The van der Waals surface area contributed by atoms with Gasteiger partial charge in [0, 0.05) is 29.5 Å². The fourth-order valence-corrected chi connectivity index (χ4v) is 3.88. The number of carbonyl (C=O) groups excluding carboxylic acids is 2. The number of halogens is 1. The third-order valence-electron chi connectivity index (χ3n) is 5.24. The van der Waals surface area contributed by atoms with Gasteiger partial charge in [0.15, 0.2) is 0 Å². The zero-order valence-electron chi connectivity index (χ0n) is 17.4. The van der Waals surface area contributed by atoms with Gasteiger partial charge in [0.25, 0.3) is 11.7 Å². The Morgan fingerprint density at radius 2 is 1.81 bits per heavy atom. The lowest BCUT2D eigenvalue weighted by molar-refractivity contribution is -0.140. The SMILES string of the molecule is CCOc1ccc(C2/C(=C(/O)c3ccc(Cl)cc3)C(=O)C(=O)N2Cc2cccnc2)cc1. The minimum Gasteiger partial charge on any atom is -0.507 e. The quantitative estimate of drug-likeness (QED) is 0.334. The van der Waals surface area contributed by atoms with Crippen molar-refractivity contribution in [1.29, 1.82) is 0 Å². The van der Waals surface area contributed by atoms with Crippen molar-refractivity contribution in [2.24, 2.45) is 0 Å². The summed E-state index contributed by atoms with van der Waals surface area (Å²) in [5.41, 5.74) is 1.90. The second-order valence-electron chi connectivity index (χ2n) is 7.30. The summed E-state index contributed by atoms with van der Waals surface area (Å²) < 4.78 is 5.51. The van der Waals surface area contributed by atoms with Crippen LogP contribution in [-0.2, 0) is 16.1 Å². The molecular formula is C25H21ClN2O4. The van der Waals surface area contributed by atoms with E-state index in [4.69, 9.17) is 16.3 Å². The van der Waals surface area contributed by atoms with E-state index in [1.54, 1.807) is 67.0 Å². The Hall–Kier alpha value is -3.64. The van der Waals surface area contributed by atoms with Gasteiger partial charge in [-0.15, -0.1) is 0 Å². The van der Waals surface area contributed by atoms with Crippen LogP contribution in [0.3, 0.4) is 0 Å². The third kappa shape index (κ3) is 4.22. The summed E-state index contributed by atoms with van der Waals surface area (Å²) in [4.78, 5) is 31.6. The predicted molar refractivity (Wildman–Crippen MR) is 121 cm³/mol. The van der Waals surface area contributed by atoms with Crippen LogP contribution in [0.4, 0.5) is 0 Å². The van der Waals surface area contributed by atoms with Crippen LogP contribution in [0.1, 0.15) is 29.7 Å². The molecule has 0 radical (unpaired) electrons. The highest BCUT2D eigenvalue weighted by molar-refractivity contribution is 6.46. The standard InChI is InChI=1S/C25H21ClN2O4/c1-2-32-20-11-7-17(8-12-20)22-21(23(29)18-5-9-19(26)10-6-18)24(30)25(31)28(22)15-16-4-3-13-27-14-16/h3-14,22,29H,2,15H2,1H3/b23-21-. The van der Waals surface area contributed by atoms with E-state index in [-0.39, 0.29) is 17.9 Å². The summed E-state index contributed by atoms with van der Waals surface area (Å²) in [6.07, 6.45) is 3.29. The van der Waals surface area contributed by atoms with Crippen molar-refractivity contribution in [3.8, 4) is 5.75 Å². The smallest absolute Gasteiger partial charge is 0.295 e. The molecule has 162 valence electrons. The molecule has 1 amide bonds. The Morgan fingerprint density at radius 3 is 2.44 bits per heavy atom. The second kappa shape index (κ2) is 9.24. The van der Waals surface area contributed by atoms with Gasteiger partial charge in [-0.1, -0.05) is 29.8 Å². The summed E-state index contributed by atoms with van der Waals surface area (Å²) in [7, 11) is 0. The third-order valence-corrected chi connectivity index (χ3v) is 5.49. The van der Waals surface area contributed by atoms with Gasteiger partial charge in [-0.2, -0.15) is 0 Å². The zero-order valence-corrected chi connectivity index (χ0v) is 18.1. The van der Waals surface area contributed by atoms with Crippen LogP contribution in [0.15, 0.2) is 78.6 Å². The molecule has 1 aliphatic rings. The van der Waals surface area contributed by atoms with Gasteiger partial charge in [0.1, 0.15) is 11.5 Å². The maximum absolute atomic E-state index is 13.1. The summed E-state index contributed by atoms with van der Waals surface area (Å²) in [6.45, 7) is 2.59. The fourth-order valence-electron chi connectivity index (χ4n) is 3.75. The maximum atomic E-state index is 13.1. The molecule has 1 unspecified atom stereocenters. The van der Waals surface area contributed by atoms with Crippen molar-refractivity contribution in [2.75, 3.05) is 6.61 Å². The average Bonchev–Trinajstić information content (AvgIpc) is 3.05. The van der Waals surface area contributed by atoms with Crippen molar-refractivity contribution in [3.63, 3.8) is 0 Å². The molecule has 0 bridgehead atoms. The highest BCUT2D eigenvalue weighted by atomic mass is 35.5. The molecule has 1 atom stereocenters. The van der Waals surface area contributed by atoms with Crippen molar-refractivity contribution in [3.05, 3.63) is 100 Å². The number of Topliss-reactive ketones (excluding diaryl/α,β-unsaturated/α-hetero) is 1. The van der Waals surface area contributed by atoms with Crippen molar-refractivity contribution in [2.45, 2.75) is 19.5 Å². The number of carbonyl (C=O) groups is 2. The Balaban J connectivity index is 1.83. The molecule has 1 aromatic heterocycles. The van der Waals surface area contributed by atoms with Crippen LogP contribution in [0.25, 0.3) is 5.76 Å². The van der Waals surface area contributed by atoms with Gasteiger partial charge < -0.3 is 14.7 Å². The molecule has 1 saturated heterocycles. The van der Waals surface area contributed by atoms with Gasteiger partial charge >= 0.3 is 0 Å². The number of nitrogens with zero attached hydrogens (tertiary/aromatic N) is 2. The minimum absolute atomic E-state index is 0.0328. The van der Waals surface area contributed by atoms with E-state index in [0.717, 1.165) is 5.56 Å². The van der Waals surface area contributed by atoms with Crippen molar-refractivity contribution < 1.29 is 19.4 Å². The summed E-state index contributed by atoms with van der Waals surface area (Å²) >= 11 is 5.96. The molecule has 3 aromatic rings. The molecule has 6 nitrogen and oxygen atoms in total. The van der Waals surface area contributed by atoms with Gasteiger partial charge in [0.2, 0.25) is 0 Å². The lowest BCUT2D eigenvalue weighted by Crippen LogP contribution is -2.29. The van der Waals surface area contributed by atoms with Crippen LogP contribution in [0.5, 0.6) is 5.75 Å². The number of benzene rings is 2. The molecule has 1 fully saturated rings. The molecule has 2 heterocycles. The molecule has 4 rings (SSSR count). The van der Waals surface area contributed by atoms with Gasteiger partial charge in [-0.05, 0) is 60.5 Å². The second-order valence-corrected chi connectivity index (χ2v) is 7.73. The lowest BCUT2D eigenvalue weighted by Gasteiger charge is -2.25. The molecule has 7 heteroatoms. The molecular weight excluding hydrogens is 428 g/mol. The summed E-state index contributed by atoms with van der Waals surface area (Å²) in [5.74, 6) is -0.978. The van der Waals surface area contributed by atoms with Crippen LogP contribution >= 0.6 is 11.6 Å². The Morgan fingerprint density at radius 1 is 1.09 bits per heavy atom. The number of amides is 1.